The van der Waals surface area contributed by atoms with E-state index in [0.717, 1.165) is 37.9 Å². The number of nitroso groups, excluding NO2 is 1. The number of alkyl halides is 2. The molecule has 6 unspecified atom stereocenters. The number of hydrogen-bond donors (Lipinski definition) is 0. The van der Waals surface area contributed by atoms with Crippen LogP contribution in [-0.2, 0) is 11.2 Å². The Kier molecular flexibility index (Phi) is 8.98. The van der Waals surface area contributed by atoms with Gasteiger partial charge in [0.05, 0.1) is 0 Å². The van der Waals surface area contributed by atoms with E-state index in [0.29, 0.717) is 6.42 Å². The normalized spacial score (nSPS) is 39.9. The Bertz CT molecular complexity index is 1100. The molecule has 0 aliphatic heterocycles. The molecule has 39 heavy (non-hydrogen) atoms. The van der Waals surface area contributed by atoms with Crippen molar-refractivity contribution in [3.05, 3.63) is 65.1 Å². The van der Waals surface area contributed by atoms with Crippen LogP contribution in [0.5, 0.6) is 0 Å². The summed E-state index contributed by atoms with van der Waals surface area (Å²) in [6.07, 6.45) is 4.80. The molecule has 3 fully saturated rings. The molecule has 0 amide bonds. The molecule has 0 radical (unpaired) electrons. The molecule has 0 heterocycles. The quantitative estimate of drug-likeness (QED) is 0.128. The third kappa shape index (κ3) is 5.58. The minimum atomic E-state index is -2.00. The number of hydrogen-bond acceptors (Lipinski definition) is 4. The van der Waals surface area contributed by atoms with Gasteiger partial charge in [-0.25, -0.2) is 8.78 Å². The number of ketones is 1. The minimum absolute atomic E-state index is 0.0482. The third-order valence-corrected chi connectivity index (χ3v) is 10.8. The molecule has 1 aromatic rings. The lowest BCUT2D eigenvalue weighted by Crippen LogP contribution is -2.66. The fraction of sp³-hybridized carbons (Fsp3) is 0.656. The lowest BCUT2D eigenvalue weighted by molar-refractivity contribution is -0.167. The lowest BCUT2D eigenvalue weighted by atomic mass is 9.45. The number of carbonyl (C=O) groups is 1. The van der Waals surface area contributed by atoms with E-state index < -0.39 is 34.6 Å². The number of carbonyl (C=O) groups excluding carboxylic acids is 1. The lowest BCUT2D eigenvalue weighted by Gasteiger charge is -2.61. The maximum atomic E-state index is 17.5. The van der Waals surface area contributed by atoms with Crippen LogP contribution in [0.1, 0.15) is 65.4 Å². The van der Waals surface area contributed by atoms with Crippen LogP contribution in [0, 0.1) is 39.4 Å². The van der Waals surface area contributed by atoms with Crippen LogP contribution >= 0.6 is 9.39 Å². The number of nitrogens with zero attached hydrogens (tertiary/aromatic N) is 2. The fourth-order valence-electron chi connectivity index (χ4n) is 8.90. The van der Waals surface area contributed by atoms with Crippen molar-refractivity contribution in [1.82, 2.24) is 4.67 Å². The Hall–Kier alpha value is -1.78. The second-order valence-electron chi connectivity index (χ2n) is 13.1. The molecule has 1 aromatic carbocycles. The van der Waals surface area contributed by atoms with Crippen molar-refractivity contribution in [2.75, 3.05) is 13.1 Å². The van der Waals surface area contributed by atoms with Crippen LogP contribution in [0.2, 0.25) is 0 Å². The predicted molar refractivity (Wildman–Crippen MR) is 158 cm³/mol. The van der Waals surface area contributed by atoms with Crippen molar-refractivity contribution in [3.8, 4) is 0 Å². The van der Waals surface area contributed by atoms with E-state index in [1.54, 1.807) is 6.92 Å². The number of benzene rings is 1. The van der Waals surface area contributed by atoms with Gasteiger partial charge in [0.15, 0.2) is 5.78 Å². The smallest absolute Gasteiger partial charge is 0.152 e. The van der Waals surface area contributed by atoms with Crippen LogP contribution in [0.3, 0.4) is 0 Å². The largest absolute Gasteiger partial charge is 0.295 e. The van der Waals surface area contributed by atoms with Crippen LogP contribution in [0.15, 0.2) is 59.8 Å². The van der Waals surface area contributed by atoms with Crippen molar-refractivity contribution < 1.29 is 13.6 Å². The molecule has 3 saturated carbocycles. The van der Waals surface area contributed by atoms with E-state index in [-0.39, 0.29) is 36.4 Å². The van der Waals surface area contributed by atoms with Gasteiger partial charge in [0.1, 0.15) is 17.9 Å². The third-order valence-electron chi connectivity index (χ3n) is 10.3. The number of halogens is 2. The number of allylic oxidation sites excluding steroid dienone is 3. The monoisotopic (exact) mass is 558 g/mol. The Morgan fingerprint density at radius 1 is 1.18 bits per heavy atom. The summed E-state index contributed by atoms with van der Waals surface area (Å²) >= 11 is 0. The second-order valence-corrected chi connectivity index (χ2v) is 13.8. The highest BCUT2D eigenvalue weighted by Gasteiger charge is 2.72. The summed E-state index contributed by atoms with van der Waals surface area (Å²) in [6.45, 7) is 13.3. The highest BCUT2D eigenvalue weighted by Crippen LogP contribution is 2.70. The van der Waals surface area contributed by atoms with E-state index in [2.05, 4.69) is 57.0 Å². The van der Waals surface area contributed by atoms with Crippen molar-refractivity contribution >= 4 is 15.2 Å². The predicted octanol–water partition coefficient (Wildman–Crippen LogP) is 7.69. The van der Waals surface area contributed by atoms with Crippen LogP contribution < -0.4 is 0 Å². The number of fused-ring (bicyclic) bond motifs is 3. The molecular formula is C32H45F2N2O2P. The zero-order valence-corrected chi connectivity index (χ0v) is 25.1. The van der Waals surface area contributed by atoms with Crippen molar-refractivity contribution in [1.29, 1.82) is 0 Å². The van der Waals surface area contributed by atoms with E-state index in [1.165, 1.54) is 24.6 Å². The molecule has 4 rings (SSSR count). The zero-order chi connectivity index (χ0) is 28.6. The van der Waals surface area contributed by atoms with Crippen LogP contribution in [-0.4, -0.2) is 41.4 Å². The van der Waals surface area contributed by atoms with Gasteiger partial charge >= 0.3 is 0 Å². The first-order valence-corrected chi connectivity index (χ1v) is 14.9. The van der Waals surface area contributed by atoms with Crippen LogP contribution in [0.4, 0.5) is 8.78 Å². The topological polar surface area (TPSA) is 49.7 Å². The van der Waals surface area contributed by atoms with Crippen molar-refractivity contribution in [3.63, 3.8) is 0 Å². The Balaban J connectivity index is 1.60. The summed E-state index contributed by atoms with van der Waals surface area (Å²) in [5.74, 6) is -0.650. The molecule has 10 atom stereocenters. The van der Waals surface area contributed by atoms with Crippen molar-refractivity contribution in [2.45, 2.75) is 84.1 Å². The maximum absolute atomic E-state index is 17.5. The van der Waals surface area contributed by atoms with Gasteiger partial charge in [-0.05, 0) is 87.2 Å². The first-order chi connectivity index (χ1) is 18.4. The highest BCUT2D eigenvalue weighted by molar-refractivity contribution is 7.13. The average molecular weight is 559 g/mol. The molecule has 214 valence electrons. The summed E-state index contributed by atoms with van der Waals surface area (Å²) in [4.78, 5) is 24.1. The number of rotatable bonds is 10. The molecule has 0 saturated heterocycles. The van der Waals surface area contributed by atoms with Gasteiger partial charge in [-0.15, -0.1) is 0 Å². The van der Waals surface area contributed by atoms with Gasteiger partial charge < -0.3 is 0 Å². The molecule has 0 aromatic heterocycles. The number of aryl methyl sites for hydroxylation is 1. The van der Waals surface area contributed by atoms with Gasteiger partial charge in [-0.1, -0.05) is 77.0 Å². The Morgan fingerprint density at radius 2 is 1.87 bits per heavy atom. The zero-order valence-electron chi connectivity index (χ0n) is 23.9. The molecule has 0 spiro atoms. The molecule has 3 aliphatic carbocycles. The summed E-state index contributed by atoms with van der Waals surface area (Å²) in [5.41, 5.74) is -1.31. The maximum Gasteiger partial charge on any atom is 0.152 e. The van der Waals surface area contributed by atoms with Gasteiger partial charge in [0.25, 0.3) is 0 Å². The summed E-state index contributed by atoms with van der Waals surface area (Å²) in [7, 11) is 2.87. The first kappa shape index (κ1) is 30.2. The summed E-state index contributed by atoms with van der Waals surface area (Å²) in [6, 6.07) is 9.35. The van der Waals surface area contributed by atoms with Gasteiger partial charge in [-0.3, -0.25) is 9.46 Å². The van der Waals surface area contributed by atoms with E-state index in [1.807, 2.05) is 13.0 Å². The first-order valence-electron chi connectivity index (χ1n) is 14.4. The van der Waals surface area contributed by atoms with Crippen LogP contribution in [0.25, 0.3) is 0 Å². The minimum Gasteiger partial charge on any atom is -0.295 e. The molecular weight excluding hydrogens is 513 g/mol. The summed E-state index contributed by atoms with van der Waals surface area (Å²) < 4.78 is 35.2. The van der Waals surface area contributed by atoms with E-state index in [9.17, 15) is 9.70 Å². The molecule has 7 heteroatoms. The summed E-state index contributed by atoms with van der Waals surface area (Å²) in [5, 5.41) is 3.40. The molecule has 0 bridgehead atoms. The van der Waals surface area contributed by atoms with Gasteiger partial charge in [0, 0.05) is 24.4 Å². The Morgan fingerprint density at radius 3 is 2.49 bits per heavy atom. The standard InChI is InChI=1S/C32H45F2N2O2P/c1-21(2)29-24(20-36(39)15-9-12-23-10-7-6-8-11-23)16-26-27-17-25(33)18-30(4,14-13-22(3)37)32(27,34)28(35-38)19-31(26,29)5/h6-8,10-11,13-14,24-29H,1,9,12,15-20,39H2,2-5H3/b14-13-/t24-,25-,26?,27?,28?,29?,30-,31?,32-/m0/s1. The molecule has 4 nitrogen and oxygen atoms in total. The molecule has 3 aliphatic rings. The highest BCUT2D eigenvalue weighted by atomic mass is 31.0. The van der Waals surface area contributed by atoms with E-state index >= 15 is 8.78 Å². The molecule has 0 N–H and O–H groups in total. The Labute approximate surface area is 235 Å². The second kappa shape index (κ2) is 11.6. The van der Waals surface area contributed by atoms with Crippen molar-refractivity contribution in [2.24, 2.45) is 39.7 Å². The fourth-order valence-corrected chi connectivity index (χ4v) is 9.36. The SMILES string of the molecule is C=C(C)C1[C@H](CN(P)CCCc2ccccc2)CC2C3C[C@H](F)C[C@](C)(/C=C\C(C)=O)[C@@]3(F)C(N=O)CC21C. The van der Waals surface area contributed by atoms with Gasteiger partial charge in [-0.2, -0.15) is 4.91 Å². The van der Waals surface area contributed by atoms with E-state index in [4.69, 9.17) is 0 Å². The average Bonchev–Trinajstić information content (AvgIpc) is 3.16. The van der Waals surface area contributed by atoms with Gasteiger partial charge in [0.2, 0.25) is 0 Å².